The van der Waals surface area contributed by atoms with Gasteiger partial charge in [-0.25, -0.2) is 9.59 Å². The summed E-state index contributed by atoms with van der Waals surface area (Å²) in [4.78, 5) is 27.6. The first-order valence-electron chi connectivity index (χ1n) is 14.2. The summed E-state index contributed by atoms with van der Waals surface area (Å²) in [5.74, 6) is -2.39. The molecule has 3 aromatic rings. The second-order valence-electron chi connectivity index (χ2n) is 10.3. The average Bonchev–Trinajstić information content (AvgIpc) is 3.04. The van der Waals surface area contributed by atoms with E-state index >= 15 is 0 Å². The molecule has 0 fully saturated rings. The molecule has 1 aliphatic heterocycles. The molecule has 9 heteroatoms. The Balaban J connectivity index is 1.73. The molecule has 0 saturated carbocycles. The molecule has 1 heterocycles. The minimum absolute atomic E-state index is 0.0160. The molecule has 0 spiro atoms. The Bertz CT molecular complexity index is 1520. The molecule has 0 aromatic heterocycles. The van der Waals surface area contributed by atoms with Crippen LogP contribution in [0.15, 0.2) is 107 Å². The molecule has 0 bridgehead atoms. The number of nitriles is 1. The molecule has 8 nitrogen and oxygen atoms in total. The number of benzene rings is 3. The van der Waals surface area contributed by atoms with E-state index in [1.54, 1.807) is 31.2 Å². The van der Waals surface area contributed by atoms with Crippen LogP contribution in [0.5, 0.6) is 0 Å². The first kappa shape index (κ1) is 32.5. The van der Waals surface area contributed by atoms with Gasteiger partial charge in [-0.1, -0.05) is 84.4 Å². The molecule has 1 N–H and O–H groups in total. The Hall–Kier alpha value is -4.42. The van der Waals surface area contributed by atoms with Crippen LogP contribution in [0.4, 0.5) is 0 Å². The van der Waals surface area contributed by atoms with E-state index in [0.717, 1.165) is 11.1 Å². The maximum Gasteiger partial charge on any atom is 0.338 e. The van der Waals surface area contributed by atoms with Crippen molar-refractivity contribution in [3.05, 3.63) is 129 Å². The summed E-state index contributed by atoms with van der Waals surface area (Å²) < 4.78 is 22.5. The lowest BCUT2D eigenvalue weighted by molar-refractivity contribution is -0.142. The second kappa shape index (κ2) is 15.3. The highest BCUT2D eigenvalue weighted by Crippen LogP contribution is 2.41. The van der Waals surface area contributed by atoms with Crippen molar-refractivity contribution in [2.45, 2.75) is 44.5 Å². The number of ether oxygens (including phenoxy) is 4. The molecule has 0 saturated heterocycles. The van der Waals surface area contributed by atoms with Gasteiger partial charge in [-0.3, -0.25) is 0 Å². The summed E-state index contributed by atoms with van der Waals surface area (Å²) >= 11 is 6.38. The monoisotopic (exact) mass is 614 g/mol. The van der Waals surface area contributed by atoms with Gasteiger partial charge in [-0.05, 0) is 49.1 Å². The van der Waals surface area contributed by atoms with Crippen molar-refractivity contribution in [3.8, 4) is 6.07 Å². The Morgan fingerprint density at radius 3 is 2.07 bits per heavy atom. The van der Waals surface area contributed by atoms with Gasteiger partial charge in [0.05, 0.1) is 29.4 Å². The minimum Gasteiger partial charge on any atom is -0.462 e. The van der Waals surface area contributed by atoms with Crippen molar-refractivity contribution in [1.29, 1.82) is 5.26 Å². The third-order valence-electron chi connectivity index (χ3n) is 7.39. The van der Waals surface area contributed by atoms with Crippen molar-refractivity contribution in [2.75, 3.05) is 20.8 Å². The number of dihydropyridines is 1. The van der Waals surface area contributed by atoms with Crippen LogP contribution < -0.4 is 5.32 Å². The van der Waals surface area contributed by atoms with Gasteiger partial charge in [0.15, 0.2) is 12.4 Å². The van der Waals surface area contributed by atoms with Crippen molar-refractivity contribution >= 4 is 23.5 Å². The van der Waals surface area contributed by atoms with Crippen LogP contribution in [0.2, 0.25) is 5.02 Å². The number of hydrogen-bond acceptors (Lipinski definition) is 8. The van der Waals surface area contributed by atoms with Crippen molar-refractivity contribution in [2.24, 2.45) is 0 Å². The van der Waals surface area contributed by atoms with E-state index in [9.17, 15) is 14.9 Å². The van der Waals surface area contributed by atoms with E-state index in [2.05, 4.69) is 29.6 Å². The van der Waals surface area contributed by atoms with Gasteiger partial charge >= 0.3 is 11.9 Å². The predicted molar refractivity (Wildman–Crippen MR) is 166 cm³/mol. The van der Waals surface area contributed by atoms with Crippen LogP contribution in [0.1, 0.15) is 48.8 Å². The molecule has 4 rings (SSSR count). The van der Waals surface area contributed by atoms with Crippen molar-refractivity contribution in [3.63, 3.8) is 0 Å². The number of carbonyl (C=O) groups excluding carboxylic acids is 2. The van der Waals surface area contributed by atoms with Crippen LogP contribution in [0.25, 0.3) is 0 Å². The van der Waals surface area contributed by atoms with Gasteiger partial charge in [0.1, 0.15) is 6.07 Å². The summed E-state index contributed by atoms with van der Waals surface area (Å²) in [6.45, 7) is 3.24. The fraction of sp³-hybridized carbons (Fsp3) is 0.286. The molecule has 3 aromatic carbocycles. The molecular weight excluding hydrogens is 580 g/mol. The van der Waals surface area contributed by atoms with Gasteiger partial charge in [0.25, 0.3) is 0 Å². The van der Waals surface area contributed by atoms with Crippen LogP contribution >= 0.6 is 11.6 Å². The number of nitrogens with one attached hydrogen (secondary N) is 1. The third kappa shape index (κ3) is 7.56. The van der Waals surface area contributed by atoms with Gasteiger partial charge in [0, 0.05) is 30.9 Å². The SMILES string of the molecule is COC(OC)C1=C(C(=O)OCCC(c2ccccc2)c2ccccc2)C(c2cccc(Cl)c2)C(C(=O)OC(C)C#N)=C(C)N1. The number of nitrogens with zero attached hydrogens (tertiary/aromatic N) is 1. The topological polar surface area (TPSA) is 107 Å². The Kier molecular flexibility index (Phi) is 11.3. The maximum atomic E-state index is 14.1. The largest absolute Gasteiger partial charge is 0.462 e. The number of carbonyl (C=O) groups is 2. The van der Waals surface area contributed by atoms with Crippen molar-refractivity contribution < 1.29 is 28.5 Å². The lowest BCUT2D eigenvalue weighted by atomic mass is 9.80. The number of allylic oxidation sites excluding steroid dienone is 1. The first-order chi connectivity index (χ1) is 21.3. The first-order valence-corrected chi connectivity index (χ1v) is 14.6. The van der Waals surface area contributed by atoms with Crippen molar-refractivity contribution in [1.82, 2.24) is 5.32 Å². The number of esters is 2. The van der Waals surface area contributed by atoms with E-state index in [-0.39, 0.29) is 29.4 Å². The van der Waals surface area contributed by atoms with E-state index < -0.39 is 30.3 Å². The minimum atomic E-state index is -1.01. The maximum absolute atomic E-state index is 14.1. The zero-order chi connectivity index (χ0) is 31.6. The highest BCUT2D eigenvalue weighted by Gasteiger charge is 2.41. The lowest BCUT2D eigenvalue weighted by Gasteiger charge is -2.34. The van der Waals surface area contributed by atoms with Gasteiger partial charge in [0.2, 0.25) is 0 Å². The van der Waals surface area contributed by atoms with Crippen LogP contribution in [0.3, 0.4) is 0 Å². The van der Waals surface area contributed by atoms with E-state index in [4.69, 9.17) is 30.5 Å². The number of rotatable bonds is 12. The quantitative estimate of drug-likeness (QED) is 0.185. The molecule has 0 aliphatic carbocycles. The summed E-state index contributed by atoms with van der Waals surface area (Å²) in [5.41, 5.74) is 3.69. The smallest absolute Gasteiger partial charge is 0.338 e. The molecule has 44 heavy (non-hydrogen) atoms. The molecule has 0 amide bonds. The summed E-state index contributed by atoms with van der Waals surface area (Å²) in [5, 5.41) is 12.8. The van der Waals surface area contributed by atoms with Crippen LogP contribution in [0, 0.1) is 11.3 Å². The highest BCUT2D eigenvalue weighted by atomic mass is 35.5. The second-order valence-corrected chi connectivity index (χ2v) is 10.7. The van der Waals surface area contributed by atoms with E-state index in [1.165, 1.54) is 21.1 Å². The van der Waals surface area contributed by atoms with Crippen LogP contribution in [-0.4, -0.2) is 45.2 Å². The lowest BCUT2D eigenvalue weighted by Crippen LogP contribution is -2.39. The Morgan fingerprint density at radius 2 is 1.52 bits per heavy atom. The molecular formula is C35H35ClN2O6. The fourth-order valence-electron chi connectivity index (χ4n) is 5.38. The number of halogens is 1. The third-order valence-corrected chi connectivity index (χ3v) is 7.62. The highest BCUT2D eigenvalue weighted by molar-refractivity contribution is 6.30. The standard InChI is InChI=1S/C35H35ClN2O6/c1-22(21-37)44-34(40)29-23(2)38-32(35(41-3)42-4)31(30(29)26-16-11-17-27(36)20-26)33(39)43-19-18-28(24-12-7-5-8-13-24)25-14-9-6-10-15-25/h5-17,20,22,28,30,35,38H,18-19H2,1-4H3. The predicted octanol–water partition coefficient (Wildman–Crippen LogP) is 6.39. The summed E-state index contributed by atoms with van der Waals surface area (Å²) in [6, 6.07) is 28.8. The van der Waals surface area contributed by atoms with E-state index in [0.29, 0.717) is 22.7 Å². The molecule has 1 aliphatic rings. The van der Waals surface area contributed by atoms with Crippen LogP contribution in [-0.2, 0) is 28.5 Å². The molecule has 2 atom stereocenters. The average molecular weight is 615 g/mol. The van der Waals surface area contributed by atoms with Gasteiger partial charge in [-0.2, -0.15) is 5.26 Å². The Labute approximate surface area is 262 Å². The van der Waals surface area contributed by atoms with Gasteiger partial charge in [-0.15, -0.1) is 0 Å². The molecule has 0 radical (unpaired) electrons. The summed E-state index contributed by atoms with van der Waals surface area (Å²) in [7, 11) is 2.89. The van der Waals surface area contributed by atoms with Gasteiger partial charge < -0.3 is 24.3 Å². The normalized spacial score (nSPS) is 15.5. The molecule has 2 unspecified atom stereocenters. The number of hydrogen-bond donors (Lipinski definition) is 1. The Morgan fingerprint density at radius 1 is 0.909 bits per heavy atom. The zero-order valence-corrected chi connectivity index (χ0v) is 25.8. The summed E-state index contributed by atoms with van der Waals surface area (Å²) in [6.07, 6.45) is -1.48. The fourth-order valence-corrected chi connectivity index (χ4v) is 5.58. The van der Waals surface area contributed by atoms with E-state index in [1.807, 2.05) is 42.5 Å². The molecule has 228 valence electrons. The number of methoxy groups -OCH3 is 2. The zero-order valence-electron chi connectivity index (χ0n) is 25.1.